The first kappa shape index (κ1) is 27.8. The number of fused-ring (bicyclic) bond motifs is 9. The van der Waals surface area contributed by atoms with Gasteiger partial charge in [-0.25, -0.2) is 15.0 Å². The van der Waals surface area contributed by atoms with Crippen LogP contribution in [0.2, 0.25) is 0 Å². The summed E-state index contributed by atoms with van der Waals surface area (Å²) in [5.41, 5.74) is 5.36. The molecule has 2 aromatic heterocycles. The van der Waals surface area contributed by atoms with Crippen molar-refractivity contribution in [1.29, 1.82) is 0 Å². The van der Waals surface area contributed by atoms with E-state index in [9.17, 15) is 0 Å². The van der Waals surface area contributed by atoms with Crippen LogP contribution < -0.4 is 0 Å². The fraction of sp³-hybridized carbons (Fsp3) is 0. The van der Waals surface area contributed by atoms with Gasteiger partial charge in [0.2, 0.25) is 0 Å². The lowest BCUT2D eigenvalue weighted by Gasteiger charge is -2.12. The van der Waals surface area contributed by atoms with Crippen molar-refractivity contribution >= 4 is 63.8 Å². The van der Waals surface area contributed by atoms with E-state index in [1.807, 2.05) is 60.7 Å². The molecular weight excluding hydrogens is 615 g/mol. The first-order chi connectivity index (χ1) is 24.3. The highest BCUT2D eigenvalue weighted by Gasteiger charge is 2.17. The quantitative estimate of drug-likeness (QED) is 0.180. The molecule has 49 heavy (non-hydrogen) atoms. The number of hydrogen-bond acceptors (Lipinski definition) is 4. The summed E-state index contributed by atoms with van der Waals surface area (Å²) in [6.07, 6.45) is 0. The Bertz CT molecular complexity index is 2780. The fourth-order valence-electron chi connectivity index (χ4n) is 7.17. The van der Waals surface area contributed by atoms with Crippen molar-refractivity contribution in [3.05, 3.63) is 164 Å². The molecule has 0 bridgehead atoms. The maximum Gasteiger partial charge on any atom is 0.165 e. The van der Waals surface area contributed by atoms with Crippen molar-refractivity contribution in [2.45, 2.75) is 0 Å². The molecule has 10 aromatic rings. The molecule has 4 heteroatoms. The zero-order valence-electron chi connectivity index (χ0n) is 26.3. The van der Waals surface area contributed by atoms with Gasteiger partial charge in [-0.3, -0.25) is 0 Å². The second kappa shape index (κ2) is 11.2. The van der Waals surface area contributed by atoms with E-state index < -0.39 is 0 Å². The van der Waals surface area contributed by atoms with Gasteiger partial charge in [-0.1, -0.05) is 140 Å². The molecule has 0 saturated carbocycles. The molecule has 228 valence electrons. The van der Waals surface area contributed by atoms with Crippen LogP contribution in [0, 0.1) is 0 Å². The second-order valence-electron chi connectivity index (χ2n) is 12.4. The van der Waals surface area contributed by atoms with Crippen LogP contribution in [0.5, 0.6) is 0 Å². The van der Waals surface area contributed by atoms with Crippen molar-refractivity contribution in [2.24, 2.45) is 0 Å². The zero-order valence-corrected chi connectivity index (χ0v) is 27.2. The molecule has 0 unspecified atom stereocenters. The van der Waals surface area contributed by atoms with Crippen molar-refractivity contribution in [3.63, 3.8) is 0 Å². The monoisotopic (exact) mass is 641 g/mol. The standard InChI is InChI=1S/C45H27N3S/c1-3-12-28(13-4-1)43-46-44(29-14-5-2-6-15-29)48-45(47-43)38-21-11-20-37-40-27-31(23-25-41(40)49-42(37)38)30-22-24-36-34-18-8-7-16-32(34)33-17-9-10-19-35(33)39(36)26-30/h1-27H. The molecule has 0 saturated heterocycles. The summed E-state index contributed by atoms with van der Waals surface area (Å²) in [6, 6.07) is 58.1. The van der Waals surface area contributed by atoms with E-state index in [0.29, 0.717) is 17.5 Å². The van der Waals surface area contributed by atoms with Gasteiger partial charge in [-0.2, -0.15) is 0 Å². The lowest BCUT2D eigenvalue weighted by molar-refractivity contribution is 1.08. The van der Waals surface area contributed by atoms with Crippen molar-refractivity contribution < 1.29 is 0 Å². The minimum absolute atomic E-state index is 0.668. The summed E-state index contributed by atoms with van der Waals surface area (Å²) in [5, 5.41) is 10.2. The Balaban J connectivity index is 1.14. The van der Waals surface area contributed by atoms with Gasteiger partial charge in [0.15, 0.2) is 17.5 Å². The highest BCUT2D eigenvalue weighted by atomic mass is 32.1. The van der Waals surface area contributed by atoms with E-state index in [4.69, 9.17) is 15.0 Å². The average Bonchev–Trinajstić information content (AvgIpc) is 3.56. The molecular formula is C45H27N3S. The summed E-state index contributed by atoms with van der Waals surface area (Å²) in [7, 11) is 0. The van der Waals surface area contributed by atoms with Crippen molar-refractivity contribution in [3.8, 4) is 45.3 Å². The third-order valence-electron chi connectivity index (χ3n) is 9.51. The number of thiophene rings is 1. The Labute approximate surface area is 286 Å². The Hall–Kier alpha value is -6.23. The third kappa shape index (κ3) is 4.61. The van der Waals surface area contributed by atoms with E-state index in [1.54, 1.807) is 11.3 Å². The lowest BCUT2D eigenvalue weighted by Crippen LogP contribution is -2.00. The first-order valence-corrected chi connectivity index (χ1v) is 17.3. The van der Waals surface area contributed by atoms with Crippen molar-refractivity contribution in [1.82, 2.24) is 15.0 Å². The predicted molar refractivity (Wildman–Crippen MR) is 207 cm³/mol. The van der Waals surface area contributed by atoms with Gasteiger partial charge in [0.1, 0.15) is 0 Å². The fourth-order valence-corrected chi connectivity index (χ4v) is 8.36. The van der Waals surface area contributed by atoms with Gasteiger partial charge in [0, 0.05) is 36.9 Å². The van der Waals surface area contributed by atoms with E-state index in [0.717, 1.165) is 16.7 Å². The van der Waals surface area contributed by atoms with Gasteiger partial charge in [-0.05, 0) is 67.7 Å². The molecule has 2 heterocycles. The summed E-state index contributed by atoms with van der Waals surface area (Å²) >= 11 is 1.80. The zero-order chi connectivity index (χ0) is 32.3. The van der Waals surface area contributed by atoms with E-state index in [2.05, 4.69) is 103 Å². The largest absolute Gasteiger partial charge is 0.208 e. The van der Waals surface area contributed by atoms with E-state index in [1.165, 1.54) is 63.6 Å². The number of hydrogen-bond donors (Lipinski definition) is 0. The van der Waals surface area contributed by atoms with Crippen LogP contribution in [0.1, 0.15) is 0 Å². The number of rotatable bonds is 4. The smallest absolute Gasteiger partial charge is 0.165 e. The number of nitrogens with zero attached hydrogens (tertiary/aromatic N) is 3. The SMILES string of the molecule is c1ccc(-c2nc(-c3ccccc3)nc(-c3cccc4c3sc3ccc(-c5ccc6c7ccccc7c7ccccc7c6c5)cc34)n2)cc1. The topological polar surface area (TPSA) is 38.7 Å². The highest BCUT2D eigenvalue weighted by Crippen LogP contribution is 2.42. The predicted octanol–water partition coefficient (Wildman–Crippen LogP) is 12.4. The van der Waals surface area contributed by atoms with Crippen LogP contribution in [-0.4, -0.2) is 15.0 Å². The molecule has 0 aliphatic heterocycles. The number of benzene rings is 8. The highest BCUT2D eigenvalue weighted by molar-refractivity contribution is 7.26. The average molecular weight is 642 g/mol. The Morgan fingerprint density at radius 3 is 1.39 bits per heavy atom. The molecule has 0 spiro atoms. The van der Waals surface area contributed by atoms with Crippen LogP contribution in [0.4, 0.5) is 0 Å². The molecule has 0 amide bonds. The third-order valence-corrected chi connectivity index (χ3v) is 10.7. The Morgan fingerprint density at radius 1 is 0.306 bits per heavy atom. The van der Waals surface area contributed by atoms with E-state index >= 15 is 0 Å². The molecule has 0 fully saturated rings. The normalized spacial score (nSPS) is 11.7. The molecule has 8 aromatic carbocycles. The van der Waals surface area contributed by atoms with Gasteiger partial charge >= 0.3 is 0 Å². The second-order valence-corrected chi connectivity index (χ2v) is 13.4. The van der Waals surface area contributed by atoms with Crippen LogP contribution in [0.3, 0.4) is 0 Å². The van der Waals surface area contributed by atoms with Gasteiger partial charge in [-0.15, -0.1) is 11.3 Å². The van der Waals surface area contributed by atoms with Crippen LogP contribution in [-0.2, 0) is 0 Å². The Kier molecular flexibility index (Phi) is 6.36. The maximum absolute atomic E-state index is 5.04. The summed E-state index contributed by atoms with van der Waals surface area (Å²) in [6.45, 7) is 0. The summed E-state index contributed by atoms with van der Waals surface area (Å²) < 4.78 is 2.42. The Morgan fingerprint density at radius 2 is 0.776 bits per heavy atom. The maximum atomic E-state index is 5.04. The van der Waals surface area contributed by atoms with Gasteiger partial charge in [0.05, 0.1) is 0 Å². The minimum atomic E-state index is 0.668. The molecule has 0 aliphatic rings. The molecule has 0 aliphatic carbocycles. The lowest BCUT2D eigenvalue weighted by atomic mass is 9.92. The van der Waals surface area contributed by atoms with Crippen LogP contribution >= 0.6 is 11.3 Å². The minimum Gasteiger partial charge on any atom is -0.208 e. The molecule has 10 rings (SSSR count). The first-order valence-electron chi connectivity index (χ1n) is 16.4. The molecule has 0 N–H and O–H groups in total. The number of aromatic nitrogens is 3. The van der Waals surface area contributed by atoms with Crippen LogP contribution in [0.15, 0.2) is 164 Å². The summed E-state index contributed by atoms with van der Waals surface area (Å²) in [5.74, 6) is 2.02. The van der Waals surface area contributed by atoms with E-state index in [-0.39, 0.29) is 0 Å². The molecule has 0 atom stereocenters. The van der Waals surface area contributed by atoms with Crippen molar-refractivity contribution in [2.75, 3.05) is 0 Å². The van der Waals surface area contributed by atoms with Gasteiger partial charge in [0.25, 0.3) is 0 Å². The molecule has 3 nitrogen and oxygen atoms in total. The molecule has 0 radical (unpaired) electrons. The van der Waals surface area contributed by atoms with Gasteiger partial charge < -0.3 is 0 Å². The van der Waals surface area contributed by atoms with Crippen LogP contribution in [0.25, 0.3) is 97.8 Å². The summed E-state index contributed by atoms with van der Waals surface area (Å²) in [4.78, 5) is 15.0.